The van der Waals surface area contributed by atoms with E-state index in [4.69, 9.17) is 0 Å². The smallest absolute Gasteiger partial charge is 0.137 e. The molecule has 0 bridgehead atoms. The van der Waals surface area contributed by atoms with Crippen molar-refractivity contribution in [3.63, 3.8) is 0 Å². The molecule has 1 saturated carbocycles. The summed E-state index contributed by atoms with van der Waals surface area (Å²) in [5, 5.41) is 3.19. The molecule has 1 heterocycles. The van der Waals surface area contributed by atoms with Gasteiger partial charge in [0.2, 0.25) is 0 Å². The monoisotopic (exact) mass is 111 g/mol. The van der Waals surface area contributed by atoms with Gasteiger partial charge in [0.15, 0.2) is 0 Å². The third-order valence-electron chi connectivity index (χ3n) is 2.22. The fourth-order valence-electron chi connectivity index (χ4n) is 1.57. The maximum Gasteiger partial charge on any atom is 0.137 e. The van der Waals surface area contributed by atoms with Crippen molar-refractivity contribution < 1.29 is 4.79 Å². The number of hydrogen-bond donors (Lipinski definition) is 1. The molecule has 44 valence electrons. The van der Waals surface area contributed by atoms with Crippen molar-refractivity contribution in [3.05, 3.63) is 0 Å². The number of carbonyl (C=O) groups excluding carboxylic acids is 1. The Morgan fingerprint density at radius 3 is 2.88 bits per heavy atom. The van der Waals surface area contributed by atoms with Crippen LogP contribution in [0, 0.1) is 11.8 Å². The molecule has 1 N–H and O–H groups in total. The van der Waals surface area contributed by atoms with Crippen molar-refractivity contribution in [2.24, 2.45) is 11.8 Å². The highest BCUT2D eigenvalue weighted by atomic mass is 16.1. The van der Waals surface area contributed by atoms with E-state index in [0.717, 1.165) is 19.5 Å². The third-order valence-corrected chi connectivity index (χ3v) is 2.22. The number of carbonyl (C=O) groups is 1. The van der Waals surface area contributed by atoms with Crippen molar-refractivity contribution in [2.75, 3.05) is 13.1 Å². The first kappa shape index (κ1) is 4.50. The highest BCUT2D eigenvalue weighted by molar-refractivity contribution is 5.88. The molecule has 8 heavy (non-hydrogen) atoms. The van der Waals surface area contributed by atoms with Gasteiger partial charge in [0.05, 0.1) is 0 Å². The molecule has 2 nitrogen and oxygen atoms in total. The van der Waals surface area contributed by atoms with E-state index in [1.54, 1.807) is 0 Å². The Bertz CT molecular complexity index is 132. The Balaban J connectivity index is 2.11. The van der Waals surface area contributed by atoms with Crippen LogP contribution in [0.3, 0.4) is 0 Å². The Morgan fingerprint density at radius 2 is 2.38 bits per heavy atom. The molecule has 1 aliphatic carbocycles. The van der Waals surface area contributed by atoms with Crippen LogP contribution in [0.25, 0.3) is 0 Å². The lowest BCUT2D eigenvalue weighted by Gasteiger charge is -2.26. The number of ketones is 1. The van der Waals surface area contributed by atoms with E-state index < -0.39 is 0 Å². The minimum Gasteiger partial charge on any atom is -0.316 e. The summed E-state index contributed by atoms with van der Waals surface area (Å²) >= 11 is 0. The maximum absolute atomic E-state index is 10.7. The summed E-state index contributed by atoms with van der Waals surface area (Å²) in [5.74, 6) is 1.59. The van der Waals surface area contributed by atoms with Crippen molar-refractivity contribution in [2.45, 2.75) is 6.42 Å². The van der Waals surface area contributed by atoms with Gasteiger partial charge >= 0.3 is 0 Å². The molecular weight excluding hydrogens is 102 g/mol. The topological polar surface area (TPSA) is 29.1 Å². The van der Waals surface area contributed by atoms with Gasteiger partial charge in [-0.05, 0) is 12.5 Å². The molecule has 2 rings (SSSR count). The third kappa shape index (κ3) is 0.388. The fraction of sp³-hybridized carbons (Fsp3) is 0.833. The summed E-state index contributed by atoms with van der Waals surface area (Å²) < 4.78 is 0. The molecule has 0 aromatic carbocycles. The van der Waals surface area contributed by atoms with Crippen LogP contribution in [0.4, 0.5) is 0 Å². The lowest BCUT2D eigenvalue weighted by molar-refractivity contribution is -0.131. The van der Waals surface area contributed by atoms with E-state index in [1.807, 2.05) is 0 Å². The maximum atomic E-state index is 10.7. The van der Waals surface area contributed by atoms with Crippen LogP contribution in [0.5, 0.6) is 0 Å². The largest absolute Gasteiger partial charge is 0.316 e. The number of nitrogens with one attached hydrogen (secondary N) is 1. The SMILES string of the molecule is O=C1C[C@@H]2CNC[C@H]12. The first-order valence-corrected chi connectivity index (χ1v) is 3.11. The molecule has 0 unspecified atom stereocenters. The summed E-state index contributed by atoms with van der Waals surface area (Å²) in [6, 6.07) is 0. The quantitative estimate of drug-likeness (QED) is 0.469. The Kier molecular flexibility index (Phi) is 0.742. The van der Waals surface area contributed by atoms with E-state index in [2.05, 4.69) is 5.32 Å². The second kappa shape index (κ2) is 1.32. The molecular formula is C6H9NO. The number of fused-ring (bicyclic) bond motifs is 1. The van der Waals surface area contributed by atoms with Gasteiger partial charge in [-0.2, -0.15) is 0 Å². The molecule has 1 saturated heterocycles. The highest BCUT2D eigenvalue weighted by Gasteiger charge is 2.42. The van der Waals surface area contributed by atoms with Crippen LogP contribution in [0.2, 0.25) is 0 Å². The summed E-state index contributed by atoms with van der Waals surface area (Å²) in [7, 11) is 0. The van der Waals surface area contributed by atoms with Gasteiger partial charge in [0.1, 0.15) is 5.78 Å². The minimum absolute atomic E-state index is 0.412. The van der Waals surface area contributed by atoms with Gasteiger partial charge in [-0.25, -0.2) is 0 Å². The number of hydrogen-bond acceptors (Lipinski definition) is 2. The molecule has 2 fully saturated rings. The molecule has 2 atom stereocenters. The average Bonchev–Trinajstić information content (AvgIpc) is 2.09. The average molecular weight is 111 g/mol. The molecule has 2 heteroatoms. The van der Waals surface area contributed by atoms with Gasteiger partial charge in [-0.1, -0.05) is 0 Å². The van der Waals surface area contributed by atoms with Gasteiger partial charge in [0, 0.05) is 18.9 Å². The number of rotatable bonds is 0. The predicted molar refractivity (Wildman–Crippen MR) is 29.5 cm³/mol. The minimum atomic E-state index is 0.412. The molecule has 0 radical (unpaired) electrons. The van der Waals surface area contributed by atoms with Crippen LogP contribution >= 0.6 is 0 Å². The van der Waals surface area contributed by atoms with Crippen LogP contribution in [0.1, 0.15) is 6.42 Å². The first-order chi connectivity index (χ1) is 3.88. The number of Topliss-reactive ketones (excluding diaryl/α,β-unsaturated/α-hetero) is 1. The predicted octanol–water partition coefficient (Wildman–Crippen LogP) is -0.205. The van der Waals surface area contributed by atoms with Crippen LogP contribution in [-0.4, -0.2) is 18.9 Å². The van der Waals surface area contributed by atoms with E-state index in [9.17, 15) is 4.79 Å². The normalized spacial score (nSPS) is 43.8. The molecule has 0 aromatic heterocycles. The van der Waals surface area contributed by atoms with Crippen molar-refractivity contribution in [3.8, 4) is 0 Å². The Morgan fingerprint density at radius 1 is 1.50 bits per heavy atom. The summed E-state index contributed by atoms with van der Waals surface area (Å²) in [5.41, 5.74) is 0. The van der Waals surface area contributed by atoms with Crippen molar-refractivity contribution in [1.82, 2.24) is 5.32 Å². The zero-order valence-electron chi connectivity index (χ0n) is 4.68. The Labute approximate surface area is 48.3 Å². The summed E-state index contributed by atoms with van der Waals surface area (Å²) in [4.78, 5) is 10.7. The van der Waals surface area contributed by atoms with Crippen molar-refractivity contribution in [1.29, 1.82) is 0 Å². The van der Waals surface area contributed by atoms with E-state index in [1.165, 1.54) is 0 Å². The summed E-state index contributed by atoms with van der Waals surface area (Å²) in [6.07, 6.45) is 0.845. The molecule has 2 aliphatic rings. The molecule has 1 aliphatic heterocycles. The lowest BCUT2D eigenvalue weighted by Crippen LogP contribution is -2.35. The second-order valence-electron chi connectivity index (χ2n) is 2.70. The van der Waals surface area contributed by atoms with Crippen LogP contribution in [0.15, 0.2) is 0 Å². The standard InChI is InChI=1S/C6H9NO/c8-6-1-4-2-7-3-5(4)6/h4-5,7H,1-3H2/t4-,5+/m1/s1. The summed E-state index contributed by atoms with van der Waals surface area (Å²) in [6.45, 7) is 2.03. The van der Waals surface area contributed by atoms with Crippen LogP contribution < -0.4 is 5.32 Å². The van der Waals surface area contributed by atoms with E-state index >= 15 is 0 Å². The Hall–Kier alpha value is -0.370. The molecule has 0 amide bonds. The molecule has 0 spiro atoms. The molecule has 0 aromatic rings. The van der Waals surface area contributed by atoms with Gasteiger partial charge < -0.3 is 5.32 Å². The van der Waals surface area contributed by atoms with Crippen molar-refractivity contribution >= 4 is 5.78 Å². The second-order valence-corrected chi connectivity index (χ2v) is 2.70. The highest BCUT2D eigenvalue weighted by Crippen LogP contribution is 2.32. The van der Waals surface area contributed by atoms with Gasteiger partial charge in [0.25, 0.3) is 0 Å². The van der Waals surface area contributed by atoms with E-state index in [0.29, 0.717) is 17.6 Å². The zero-order chi connectivity index (χ0) is 5.56. The van der Waals surface area contributed by atoms with Gasteiger partial charge in [-0.3, -0.25) is 4.79 Å². The van der Waals surface area contributed by atoms with E-state index in [-0.39, 0.29) is 0 Å². The van der Waals surface area contributed by atoms with Gasteiger partial charge in [-0.15, -0.1) is 0 Å². The van der Waals surface area contributed by atoms with Crippen LogP contribution in [-0.2, 0) is 4.79 Å². The fourth-order valence-corrected chi connectivity index (χ4v) is 1.57. The lowest BCUT2D eigenvalue weighted by atomic mass is 9.75. The zero-order valence-corrected chi connectivity index (χ0v) is 4.68. The first-order valence-electron chi connectivity index (χ1n) is 3.11.